The molecule has 84 valence electrons. The third-order valence-electron chi connectivity index (χ3n) is 2.68. The first kappa shape index (κ1) is 10.5. The van der Waals surface area contributed by atoms with Gasteiger partial charge in [0.05, 0.1) is 10.2 Å². The number of halogens is 1. The number of aryl methyl sites for hydroxylation is 1. The molecule has 4 heteroatoms. The van der Waals surface area contributed by atoms with Gasteiger partial charge in [-0.3, -0.25) is 0 Å². The van der Waals surface area contributed by atoms with E-state index in [1.54, 1.807) is 0 Å². The van der Waals surface area contributed by atoms with E-state index in [4.69, 9.17) is 0 Å². The standard InChI is InChI=1S/C13H10BrN3/c1-9-12(14)13-15-7-11(8-17(13)16-9)10-5-3-2-4-6-10/h2-8H,1H3. The van der Waals surface area contributed by atoms with Gasteiger partial charge in [-0.15, -0.1) is 0 Å². The van der Waals surface area contributed by atoms with Gasteiger partial charge in [0.15, 0.2) is 5.65 Å². The summed E-state index contributed by atoms with van der Waals surface area (Å²) in [5.41, 5.74) is 4.00. The second-order valence-electron chi connectivity index (χ2n) is 3.88. The maximum Gasteiger partial charge on any atom is 0.169 e. The second kappa shape index (κ2) is 3.96. The molecule has 3 rings (SSSR count). The fraction of sp³-hybridized carbons (Fsp3) is 0.0769. The van der Waals surface area contributed by atoms with Crippen LogP contribution in [0.4, 0.5) is 0 Å². The number of rotatable bonds is 1. The van der Waals surface area contributed by atoms with E-state index in [0.29, 0.717) is 0 Å². The second-order valence-corrected chi connectivity index (χ2v) is 4.67. The van der Waals surface area contributed by atoms with E-state index in [1.165, 1.54) is 0 Å². The fourth-order valence-corrected chi connectivity index (χ4v) is 2.16. The average molecular weight is 288 g/mol. The summed E-state index contributed by atoms with van der Waals surface area (Å²) >= 11 is 3.49. The first-order valence-electron chi connectivity index (χ1n) is 5.31. The van der Waals surface area contributed by atoms with E-state index in [-0.39, 0.29) is 0 Å². The van der Waals surface area contributed by atoms with E-state index < -0.39 is 0 Å². The van der Waals surface area contributed by atoms with Gasteiger partial charge in [-0.1, -0.05) is 30.3 Å². The van der Waals surface area contributed by atoms with Crippen LogP contribution < -0.4 is 0 Å². The first-order valence-corrected chi connectivity index (χ1v) is 6.11. The van der Waals surface area contributed by atoms with E-state index in [1.807, 2.05) is 42.0 Å². The third kappa shape index (κ3) is 1.74. The molecular formula is C13H10BrN3. The Hall–Kier alpha value is -1.68. The molecule has 3 aromatic rings. The molecule has 2 heterocycles. The highest BCUT2D eigenvalue weighted by Crippen LogP contribution is 2.23. The molecule has 0 aliphatic rings. The van der Waals surface area contributed by atoms with Crippen LogP contribution in [0, 0.1) is 6.92 Å². The van der Waals surface area contributed by atoms with Crippen molar-refractivity contribution in [1.29, 1.82) is 0 Å². The van der Waals surface area contributed by atoms with Crippen LogP contribution in [0.15, 0.2) is 47.2 Å². The zero-order valence-corrected chi connectivity index (χ0v) is 10.8. The van der Waals surface area contributed by atoms with Crippen LogP contribution in [0.1, 0.15) is 5.69 Å². The van der Waals surface area contributed by atoms with Crippen LogP contribution >= 0.6 is 15.9 Å². The van der Waals surface area contributed by atoms with Crippen LogP contribution in [0.5, 0.6) is 0 Å². The highest BCUT2D eigenvalue weighted by Gasteiger charge is 2.08. The number of hydrogen-bond acceptors (Lipinski definition) is 2. The Labute approximate surface area is 107 Å². The summed E-state index contributed by atoms with van der Waals surface area (Å²) < 4.78 is 2.76. The SMILES string of the molecule is Cc1nn2cc(-c3ccccc3)cnc2c1Br. The molecule has 0 bridgehead atoms. The van der Waals surface area contributed by atoms with Crippen molar-refractivity contribution in [3.8, 4) is 11.1 Å². The molecular weight excluding hydrogens is 278 g/mol. The summed E-state index contributed by atoms with van der Waals surface area (Å²) in [5.74, 6) is 0. The Bertz CT molecular complexity index is 674. The fourth-order valence-electron chi connectivity index (χ4n) is 1.80. The summed E-state index contributed by atoms with van der Waals surface area (Å²) in [7, 11) is 0. The molecule has 3 nitrogen and oxygen atoms in total. The minimum absolute atomic E-state index is 0.849. The number of benzene rings is 1. The zero-order valence-electron chi connectivity index (χ0n) is 9.26. The Balaban J connectivity index is 2.21. The van der Waals surface area contributed by atoms with E-state index in [0.717, 1.165) is 26.9 Å². The molecule has 0 aliphatic heterocycles. The average Bonchev–Trinajstić information content (AvgIpc) is 2.66. The van der Waals surface area contributed by atoms with Crippen LogP contribution in [-0.4, -0.2) is 14.6 Å². The van der Waals surface area contributed by atoms with Crippen molar-refractivity contribution in [1.82, 2.24) is 14.6 Å². The Kier molecular flexibility index (Phi) is 2.44. The zero-order chi connectivity index (χ0) is 11.8. The van der Waals surface area contributed by atoms with Crippen molar-refractivity contribution >= 4 is 21.6 Å². The van der Waals surface area contributed by atoms with Crippen LogP contribution in [0.3, 0.4) is 0 Å². The van der Waals surface area contributed by atoms with Gasteiger partial charge in [0, 0.05) is 18.0 Å². The highest BCUT2D eigenvalue weighted by atomic mass is 79.9. The summed E-state index contributed by atoms with van der Waals surface area (Å²) in [6.45, 7) is 1.96. The lowest BCUT2D eigenvalue weighted by Gasteiger charge is -2.01. The Morgan fingerprint density at radius 2 is 1.88 bits per heavy atom. The monoisotopic (exact) mass is 287 g/mol. The smallest absolute Gasteiger partial charge is 0.169 e. The first-order chi connectivity index (χ1) is 8.25. The van der Waals surface area contributed by atoms with Gasteiger partial charge < -0.3 is 0 Å². The largest absolute Gasteiger partial charge is 0.235 e. The predicted octanol–water partition coefficient (Wildman–Crippen LogP) is 3.47. The normalized spacial score (nSPS) is 10.9. The van der Waals surface area contributed by atoms with Crippen molar-refractivity contribution < 1.29 is 0 Å². The summed E-state index contributed by atoms with van der Waals surface area (Å²) in [6, 6.07) is 10.2. The number of aromatic nitrogens is 3. The molecule has 0 spiro atoms. The molecule has 0 unspecified atom stereocenters. The molecule has 0 N–H and O–H groups in total. The van der Waals surface area contributed by atoms with Crippen molar-refractivity contribution in [2.24, 2.45) is 0 Å². The molecule has 0 fully saturated rings. The molecule has 0 saturated carbocycles. The van der Waals surface area contributed by atoms with Gasteiger partial charge in [0.2, 0.25) is 0 Å². The molecule has 2 aromatic heterocycles. The molecule has 0 aliphatic carbocycles. The quantitative estimate of drug-likeness (QED) is 0.686. The number of fused-ring (bicyclic) bond motifs is 1. The summed E-state index contributed by atoms with van der Waals surface area (Å²) in [6.07, 6.45) is 3.87. The maximum absolute atomic E-state index is 4.43. The minimum atomic E-state index is 0.849. The lowest BCUT2D eigenvalue weighted by atomic mass is 10.1. The molecule has 17 heavy (non-hydrogen) atoms. The lowest BCUT2D eigenvalue weighted by Crippen LogP contribution is -1.91. The van der Waals surface area contributed by atoms with Crippen molar-refractivity contribution in [3.63, 3.8) is 0 Å². The molecule has 1 aromatic carbocycles. The predicted molar refractivity (Wildman–Crippen MR) is 70.9 cm³/mol. The molecule has 0 radical (unpaired) electrons. The van der Waals surface area contributed by atoms with Gasteiger partial charge >= 0.3 is 0 Å². The molecule has 0 saturated heterocycles. The van der Waals surface area contributed by atoms with E-state index in [9.17, 15) is 0 Å². The van der Waals surface area contributed by atoms with Crippen LogP contribution in [0.2, 0.25) is 0 Å². The highest BCUT2D eigenvalue weighted by molar-refractivity contribution is 9.10. The number of nitrogens with zero attached hydrogens (tertiary/aromatic N) is 3. The summed E-state index contributed by atoms with van der Waals surface area (Å²) in [5, 5.41) is 4.41. The molecule has 0 atom stereocenters. The summed E-state index contributed by atoms with van der Waals surface area (Å²) in [4.78, 5) is 4.43. The van der Waals surface area contributed by atoms with Crippen molar-refractivity contribution in [3.05, 3.63) is 52.9 Å². The van der Waals surface area contributed by atoms with Gasteiger partial charge in [-0.25, -0.2) is 9.50 Å². The minimum Gasteiger partial charge on any atom is -0.235 e. The van der Waals surface area contributed by atoms with Crippen LogP contribution in [-0.2, 0) is 0 Å². The Morgan fingerprint density at radius 1 is 1.12 bits per heavy atom. The van der Waals surface area contributed by atoms with Crippen molar-refractivity contribution in [2.75, 3.05) is 0 Å². The lowest BCUT2D eigenvalue weighted by molar-refractivity contribution is 0.919. The van der Waals surface area contributed by atoms with Crippen LogP contribution in [0.25, 0.3) is 16.8 Å². The topological polar surface area (TPSA) is 30.2 Å². The van der Waals surface area contributed by atoms with Gasteiger partial charge in [-0.05, 0) is 28.4 Å². The van der Waals surface area contributed by atoms with Gasteiger partial charge in [0.25, 0.3) is 0 Å². The molecule has 0 amide bonds. The van der Waals surface area contributed by atoms with E-state index >= 15 is 0 Å². The third-order valence-corrected chi connectivity index (χ3v) is 3.61. The van der Waals surface area contributed by atoms with Crippen molar-refractivity contribution in [2.45, 2.75) is 6.92 Å². The van der Waals surface area contributed by atoms with Gasteiger partial charge in [0.1, 0.15) is 0 Å². The Morgan fingerprint density at radius 3 is 2.65 bits per heavy atom. The maximum atomic E-state index is 4.43. The van der Waals surface area contributed by atoms with E-state index in [2.05, 4.69) is 38.1 Å². The van der Waals surface area contributed by atoms with Gasteiger partial charge in [-0.2, -0.15) is 5.10 Å². The number of hydrogen-bond donors (Lipinski definition) is 0.